The molecule has 1 aromatic carbocycles. The molecule has 0 fully saturated rings. The Balaban J connectivity index is 2.18. The molecule has 100 valence electrons. The molecule has 2 rings (SSSR count). The van der Waals surface area contributed by atoms with Crippen molar-refractivity contribution in [1.82, 2.24) is 4.98 Å². The van der Waals surface area contributed by atoms with Gasteiger partial charge in [-0.15, -0.1) is 0 Å². The van der Waals surface area contributed by atoms with Crippen LogP contribution in [-0.4, -0.2) is 12.1 Å². The first-order valence-corrected chi connectivity index (χ1v) is 5.88. The third-order valence-electron chi connectivity index (χ3n) is 2.94. The van der Waals surface area contributed by atoms with Gasteiger partial charge in [-0.3, -0.25) is 4.98 Å². The molecule has 1 aromatic heterocycles. The van der Waals surface area contributed by atoms with Crippen molar-refractivity contribution in [3.63, 3.8) is 0 Å². The summed E-state index contributed by atoms with van der Waals surface area (Å²) in [4.78, 5) is 4.05. The fourth-order valence-corrected chi connectivity index (χ4v) is 1.75. The van der Waals surface area contributed by atoms with Gasteiger partial charge >= 0.3 is 0 Å². The molecule has 3 N–H and O–H groups in total. The van der Waals surface area contributed by atoms with E-state index in [0.717, 1.165) is 11.1 Å². The Bertz CT molecular complexity index is 587. The summed E-state index contributed by atoms with van der Waals surface area (Å²) in [7, 11) is 1.50. The van der Waals surface area contributed by atoms with E-state index in [4.69, 9.17) is 10.5 Å². The predicted molar refractivity (Wildman–Crippen MR) is 73.7 cm³/mol. The van der Waals surface area contributed by atoms with Crippen molar-refractivity contribution in [2.75, 3.05) is 18.2 Å². The number of halogens is 1. The third kappa shape index (κ3) is 2.93. The van der Waals surface area contributed by atoms with Crippen LogP contribution < -0.4 is 15.8 Å². The van der Waals surface area contributed by atoms with Crippen molar-refractivity contribution in [3.8, 4) is 5.75 Å². The van der Waals surface area contributed by atoms with Crippen molar-refractivity contribution < 1.29 is 9.13 Å². The summed E-state index contributed by atoms with van der Waals surface area (Å²) in [5.74, 6) is 0.0478. The highest BCUT2D eigenvalue weighted by Crippen LogP contribution is 2.28. The van der Waals surface area contributed by atoms with Crippen molar-refractivity contribution in [2.45, 2.75) is 13.5 Å². The molecule has 5 heteroatoms. The van der Waals surface area contributed by atoms with Gasteiger partial charge in [0.25, 0.3) is 0 Å². The van der Waals surface area contributed by atoms with E-state index in [0.29, 0.717) is 18.0 Å². The van der Waals surface area contributed by atoms with Gasteiger partial charge < -0.3 is 15.8 Å². The highest BCUT2D eigenvalue weighted by atomic mass is 19.1. The SMILES string of the molecule is COc1cc(NCc2cnccc2C)c(F)cc1N. The Morgan fingerprint density at radius 3 is 2.89 bits per heavy atom. The van der Waals surface area contributed by atoms with Crippen LogP contribution in [0.15, 0.2) is 30.6 Å². The van der Waals surface area contributed by atoms with E-state index in [9.17, 15) is 4.39 Å². The number of nitrogens with two attached hydrogens (primary N) is 1. The highest BCUT2D eigenvalue weighted by Gasteiger charge is 2.08. The van der Waals surface area contributed by atoms with E-state index in [1.807, 2.05) is 13.0 Å². The largest absolute Gasteiger partial charge is 0.495 e. The number of anilines is 2. The average molecular weight is 261 g/mol. The number of aryl methyl sites for hydroxylation is 1. The molecule has 4 nitrogen and oxygen atoms in total. The summed E-state index contributed by atoms with van der Waals surface area (Å²) in [5, 5.41) is 3.02. The van der Waals surface area contributed by atoms with E-state index < -0.39 is 5.82 Å². The second kappa shape index (κ2) is 5.56. The molecule has 0 atom stereocenters. The van der Waals surface area contributed by atoms with E-state index in [1.165, 1.54) is 13.2 Å². The van der Waals surface area contributed by atoms with Crippen molar-refractivity contribution in [2.24, 2.45) is 0 Å². The molecule has 0 aliphatic rings. The molecule has 0 amide bonds. The number of hydrogen-bond donors (Lipinski definition) is 2. The smallest absolute Gasteiger partial charge is 0.148 e. The van der Waals surface area contributed by atoms with Crippen LogP contribution in [0, 0.1) is 12.7 Å². The number of nitrogens with one attached hydrogen (secondary N) is 1. The van der Waals surface area contributed by atoms with Gasteiger partial charge in [0.2, 0.25) is 0 Å². The number of methoxy groups -OCH3 is 1. The summed E-state index contributed by atoms with van der Waals surface area (Å²) in [6.45, 7) is 2.47. The first-order chi connectivity index (χ1) is 9.11. The number of ether oxygens (including phenoxy) is 1. The van der Waals surface area contributed by atoms with E-state index >= 15 is 0 Å². The minimum absolute atomic E-state index is 0.281. The number of pyridine rings is 1. The van der Waals surface area contributed by atoms with Gasteiger partial charge in [-0.1, -0.05) is 0 Å². The first-order valence-electron chi connectivity index (χ1n) is 5.88. The maximum atomic E-state index is 13.8. The van der Waals surface area contributed by atoms with Crippen molar-refractivity contribution in [3.05, 3.63) is 47.5 Å². The lowest BCUT2D eigenvalue weighted by Gasteiger charge is -2.12. The van der Waals surface area contributed by atoms with Crippen LogP contribution in [0.3, 0.4) is 0 Å². The number of rotatable bonds is 4. The van der Waals surface area contributed by atoms with Gasteiger partial charge in [-0.2, -0.15) is 0 Å². The van der Waals surface area contributed by atoms with Crippen molar-refractivity contribution in [1.29, 1.82) is 0 Å². The molecule has 0 unspecified atom stereocenters. The van der Waals surface area contributed by atoms with Gasteiger partial charge in [0.1, 0.15) is 11.6 Å². The number of aromatic nitrogens is 1. The topological polar surface area (TPSA) is 60.2 Å². The van der Waals surface area contributed by atoms with Crippen LogP contribution >= 0.6 is 0 Å². The molecule has 2 aromatic rings. The van der Waals surface area contributed by atoms with Crippen LogP contribution in [0.5, 0.6) is 5.75 Å². The first kappa shape index (κ1) is 13.1. The van der Waals surface area contributed by atoms with Crippen LogP contribution in [0.2, 0.25) is 0 Å². The summed E-state index contributed by atoms with van der Waals surface area (Å²) >= 11 is 0. The zero-order valence-electron chi connectivity index (χ0n) is 10.9. The van der Waals surface area contributed by atoms with E-state index in [-0.39, 0.29) is 5.69 Å². The molecule has 0 bridgehead atoms. The molecular weight excluding hydrogens is 245 g/mol. The maximum absolute atomic E-state index is 13.8. The molecule has 0 spiro atoms. The summed E-state index contributed by atoms with van der Waals surface area (Å²) in [6, 6.07) is 4.71. The Kier molecular flexibility index (Phi) is 3.85. The zero-order chi connectivity index (χ0) is 13.8. The number of benzene rings is 1. The number of hydrogen-bond acceptors (Lipinski definition) is 4. The minimum atomic E-state index is -0.403. The highest BCUT2D eigenvalue weighted by molar-refractivity contribution is 5.62. The van der Waals surface area contributed by atoms with Gasteiger partial charge in [0.15, 0.2) is 0 Å². The molecule has 0 saturated carbocycles. The molecule has 19 heavy (non-hydrogen) atoms. The maximum Gasteiger partial charge on any atom is 0.148 e. The fraction of sp³-hybridized carbons (Fsp3) is 0.214. The fourth-order valence-electron chi connectivity index (χ4n) is 1.75. The summed E-state index contributed by atoms with van der Waals surface area (Å²) in [5.41, 5.74) is 8.38. The van der Waals surface area contributed by atoms with Gasteiger partial charge in [0.05, 0.1) is 18.5 Å². The predicted octanol–water partition coefficient (Wildman–Crippen LogP) is 2.73. The molecule has 0 aliphatic heterocycles. The second-order valence-electron chi connectivity index (χ2n) is 4.23. The average Bonchev–Trinajstić information content (AvgIpc) is 2.39. The quantitative estimate of drug-likeness (QED) is 0.831. The number of nitrogen functional groups attached to an aromatic ring is 1. The van der Waals surface area contributed by atoms with Gasteiger partial charge in [-0.05, 0) is 24.1 Å². The Morgan fingerprint density at radius 1 is 1.42 bits per heavy atom. The molecular formula is C14H16FN3O. The van der Waals surface area contributed by atoms with Crippen LogP contribution in [-0.2, 0) is 6.54 Å². The lowest BCUT2D eigenvalue weighted by molar-refractivity contribution is 0.416. The monoisotopic (exact) mass is 261 g/mol. The standard InChI is InChI=1S/C14H16FN3O/c1-9-3-4-17-7-10(9)8-18-13-6-14(19-2)12(16)5-11(13)15/h3-7,18H,8,16H2,1-2H3. The molecule has 0 radical (unpaired) electrons. The van der Waals surface area contributed by atoms with Gasteiger partial charge in [-0.25, -0.2) is 4.39 Å². The van der Waals surface area contributed by atoms with Gasteiger partial charge in [0, 0.05) is 31.1 Å². The molecule has 0 saturated heterocycles. The normalized spacial score (nSPS) is 10.3. The molecule has 1 heterocycles. The third-order valence-corrected chi connectivity index (χ3v) is 2.94. The van der Waals surface area contributed by atoms with E-state index in [1.54, 1.807) is 18.5 Å². The Morgan fingerprint density at radius 2 is 2.21 bits per heavy atom. The van der Waals surface area contributed by atoms with Crippen LogP contribution in [0.4, 0.5) is 15.8 Å². The number of nitrogens with zero attached hydrogens (tertiary/aromatic N) is 1. The van der Waals surface area contributed by atoms with Crippen molar-refractivity contribution >= 4 is 11.4 Å². The lowest BCUT2D eigenvalue weighted by atomic mass is 10.1. The van der Waals surface area contributed by atoms with E-state index in [2.05, 4.69) is 10.3 Å². The summed E-state index contributed by atoms with van der Waals surface area (Å²) < 4.78 is 18.8. The summed E-state index contributed by atoms with van der Waals surface area (Å²) in [6.07, 6.45) is 3.49. The second-order valence-corrected chi connectivity index (χ2v) is 4.23. The Hall–Kier alpha value is -2.30. The lowest BCUT2D eigenvalue weighted by Crippen LogP contribution is -2.05. The van der Waals surface area contributed by atoms with Crippen LogP contribution in [0.25, 0.3) is 0 Å². The minimum Gasteiger partial charge on any atom is -0.495 e. The zero-order valence-corrected chi connectivity index (χ0v) is 10.9. The van der Waals surface area contributed by atoms with Crippen LogP contribution in [0.1, 0.15) is 11.1 Å². The Labute approximate surface area is 111 Å². The molecule has 0 aliphatic carbocycles.